The summed E-state index contributed by atoms with van der Waals surface area (Å²) in [5, 5.41) is 8.80. The molecule has 2 aromatic carbocycles. The lowest BCUT2D eigenvalue weighted by Gasteiger charge is -2.11. The Morgan fingerprint density at radius 1 is 0.833 bits per heavy atom. The first-order valence-electron chi connectivity index (χ1n) is 7.52. The van der Waals surface area contributed by atoms with Crippen LogP contribution < -0.4 is 0 Å². The Kier molecular flexibility index (Phi) is 5.59. The third kappa shape index (κ3) is 3.58. The topological polar surface area (TPSA) is 37.3 Å². The highest BCUT2D eigenvalue weighted by molar-refractivity contribution is 5.87. The van der Waals surface area contributed by atoms with Crippen LogP contribution in [-0.4, -0.2) is 11.1 Å². The van der Waals surface area contributed by atoms with Crippen molar-refractivity contribution in [2.24, 2.45) is 0 Å². The van der Waals surface area contributed by atoms with Crippen molar-refractivity contribution in [1.82, 2.24) is 0 Å². The molecule has 0 saturated carbocycles. The van der Waals surface area contributed by atoms with Crippen molar-refractivity contribution in [3.63, 3.8) is 0 Å². The molecule has 0 saturated heterocycles. The number of carboxylic acids is 1. The second-order valence-corrected chi connectivity index (χ2v) is 5.47. The van der Waals surface area contributed by atoms with Gasteiger partial charge in [-0.15, -0.1) is 0 Å². The third-order valence-electron chi connectivity index (χ3n) is 3.81. The van der Waals surface area contributed by atoms with Crippen LogP contribution in [0.2, 0.25) is 0 Å². The molecule has 2 aromatic rings. The van der Waals surface area contributed by atoms with E-state index in [9.17, 15) is 22.4 Å². The van der Waals surface area contributed by atoms with Crippen molar-refractivity contribution >= 4 is 5.97 Å². The van der Waals surface area contributed by atoms with Gasteiger partial charge in [0.1, 0.15) is 0 Å². The van der Waals surface area contributed by atoms with Crippen molar-refractivity contribution in [3.8, 4) is 0 Å². The fourth-order valence-corrected chi connectivity index (χ4v) is 2.49. The van der Waals surface area contributed by atoms with Gasteiger partial charge in [-0.2, -0.15) is 0 Å². The van der Waals surface area contributed by atoms with E-state index >= 15 is 0 Å². The molecule has 1 N–H and O–H groups in total. The van der Waals surface area contributed by atoms with E-state index in [0.29, 0.717) is 12.0 Å². The van der Waals surface area contributed by atoms with Gasteiger partial charge in [0.25, 0.3) is 0 Å². The minimum Gasteiger partial charge on any atom is -0.478 e. The van der Waals surface area contributed by atoms with Gasteiger partial charge in [0.2, 0.25) is 0 Å². The molecule has 0 radical (unpaired) electrons. The summed E-state index contributed by atoms with van der Waals surface area (Å²) in [6, 6.07) is 5.71. The van der Waals surface area contributed by atoms with Crippen molar-refractivity contribution in [2.45, 2.75) is 32.6 Å². The van der Waals surface area contributed by atoms with E-state index in [1.807, 2.05) is 0 Å². The van der Waals surface area contributed by atoms with Gasteiger partial charge in [-0.05, 0) is 37.0 Å². The van der Waals surface area contributed by atoms with Gasteiger partial charge in [0.15, 0.2) is 23.3 Å². The molecule has 0 aliphatic heterocycles. The number of hydrogen-bond acceptors (Lipinski definition) is 1. The summed E-state index contributed by atoms with van der Waals surface area (Å²) in [5.41, 5.74) is -0.511. The van der Waals surface area contributed by atoms with Gasteiger partial charge in [-0.25, -0.2) is 22.4 Å². The van der Waals surface area contributed by atoms with Crippen LogP contribution in [-0.2, 0) is 19.3 Å². The van der Waals surface area contributed by atoms with Crippen LogP contribution in [0.1, 0.15) is 40.4 Å². The molecule has 2 rings (SSSR count). The number of halogens is 4. The average molecular weight is 340 g/mol. The summed E-state index contributed by atoms with van der Waals surface area (Å²) in [6.45, 7) is 1.66. The van der Waals surface area contributed by atoms with Crippen LogP contribution in [0.15, 0.2) is 24.3 Å². The highest BCUT2D eigenvalue weighted by Crippen LogP contribution is 2.26. The number of carbonyl (C=O) groups is 1. The van der Waals surface area contributed by atoms with E-state index in [1.54, 1.807) is 6.92 Å². The van der Waals surface area contributed by atoms with Crippen molar-refractivity contribution in [3.05, 3.63) is 69.8 Å². The van der Waals surface area contributed by atoms with Crippen molar-refractivity contribution in [2.75, 3.05) is 0 Å². The van der Waals surface area contributed by atoms with Crippen LogP contribution in [0.25, 0.3) is 0 Å². The fraction of sp³-hybridized carbons (Fsp3) is 0.278. The molecule has 0 fully saturated rings. The maximum absolute atomic E-state index is 14.0. The summed E-state index contributed by atoms with van der Waals surface area (Å²) < 4.78 is 55.9. The Bertz CT molecular complexity index is 726. The third-order valence-corrected chi connectivity index (χ3v) is 3.81. The lowest BCUT2D eigenvalue weighted by atomic mass is 9.99. The molecular weight excluding hydrogens is 324 g/mol. The van der Waals surface area contributed by atoms with E-state index in [0.717, 1.165) is 0 Å². The molecule has 0 aliphatic carbocycles. The van der Waals surface area contributed by atoms with Crippen LogP contribution in [0, 0.1) is 23.3 Å². The van der Waals surface area contributed by atoms with Gasteiger partial charge in [-0.1, -0.05) is 25.5 Å². The first-order valence-corrected chi connectivity index (χ1v) is 7.52. The van der Waals surface area contributed by atoms with Gasteiger partial charge < -0.3 is 5.11 Å². The average Bonchev–Trinajstić information content (AvgIpc) is 2.57. The molecule has 0 atom stereocenters. The van der Waals surface area contributed by atoms with Crippen LogP contribution in [0.4, 0.5) is 17.6 Å². The van der Waals surface area contributed by atoms with Gasteiger partial charge in [0, 0.05) is 11.1 Å². The number of benzene rings is 2. The second-order valence-electron chi connectivity index (χ2n) is 5.47. The van der Waals surface area contributed by atoms with Crippen LogP contribution in [0.5, 0.6) is 0 Å². The van der Waals surface area contributed by atoms with E-state index in [2.05, 4.69) is 0 Å². The molecule has 6 heteroatoms. The molecule has 0 spiro atoms. The summed E-state index contributed by atoms with van der Waals surface area (Å²) in [5.74, 6) is -6.49. The normalized spacial score (nSPS) is 10.9. The van der Waals surface area contributed by atoms with Crippen molar-refractivity contribution < 1.29 is 27.5 Å². The zero-order valence-electron chi connectivity index (χ0n) is 13.0. The minimum atomic E-state index is -1.36. The molecule has 0 amide bonds. The largest absolute Gasteiger partial charge is 0.478 e. The Morgan fingerprint density at radius 3 is 1.71 bits per heavy atom. The number of hydrogen-bond donors (Lipinski definition) is 1. The summed E-state index contributed by atoms with van der Waals surface area (Å²) in [6.07, 6.45) is 0.175. The summed E-state index contributed by atoms with van der Waals surface area (Å²) in [4.78, 5) is 10.8. The summed E-state index contributed by atoms with van der Waals surface area (Å²) in [7, 11) is 0. The lowest BCUT2D eigenvalue weighted by molar-refractivity contribution is 0.0697. The first kappa shape index (κ1) is 18.0. The molecule has 0 bridgehead atoms. The maximum Gasteiger partial charge on any atom is 0.335 e. The van der Waals surface area contributed by atoms with Crippen LogP contribution in [0.3, 0.4) is 0 Å². The number of aromatic carboxylic acids is 1. The standard InChI is InChI=1S/C18H16F4O2/c1-2-3-12-14(19)16(21)13(17(22)15(12)20)9-6-10-4-7-11(8-5-10)18(23)24/h4-5,7-8H,2-3,6,9H2,1H3,(H,23,24). The molecule has 0 aliphatic rings. The van der Waals surface area contributed by atoms with E-state index < -0.39 is 40.4 Å². The molecule has 2 nitrogen and oxygen atoms in total. The predicted molar refractivity (Wildman–Crippen MR) is 81.1 cm³/mol. The Morgan fingerprint density at radius 2 is 1.29 bits per heavy atom. The van der Waals surface area contributed by atoms with Gasteiger partial charge >= 0.3 is 5.97 Å². The lowest BCUT2D eigenvalue weighted by Crippen LogP contribution is -2.09. The fourth-order valence-electron chi connectivity index (χ4n) is 2.49. The molecule has 0 aromatic heterocycles. The number of carboxylic acid groups (broad SMARTS) is 1. The van der Waals surface area contributed by atoms with Crippen molar-refractivity contribution in [1.29, 1.82) is 0 Å². The minimum absolute atomic E-state index is 0.0807. The first-order chi connectivity index (χ1) is 11.4. The zero-order chi connectivity index (χ0) is 17.9. The summed E-state index contributed by atoms with van der Waals surface area (Å²) >= 11 is 0. The highest BCUT2D eigenvalue weighted by atomic mass is 19.2. The van der Waals surface area contributed by atoms with Crippen LogP contribution >= 0.6 is 0 Å². The highest BCUT2D eigenvalue weighted by Gasteiger charge is 2.24. The van der Waals surface area contributed by atoms with Gasteiger partial charge in [-0.3, -0.25) is 0 Å². The molecular formula is C18H16F4O2. The van der Waals surface area contributed by atoms with E-state index in [4.69, 9.17) is 5.11 Å². The second kappa shape index (κ2) is 7.47. The number of aryl methyl sites for hydroxylation is 1. The zero-order valence-corrected chi connectivity index (χ0v) is 13.0. The molecule has 0 unspecified atom stereocenters. The maximum atomic E-state index is 14.0. The van der Waals surface area contributed by atoms with Gasteiger partial charge in [0.05, 0.1) is 5.56 Å². The Balaban J connectivity index is 2.25. The van der Waals surface area contributed by atoms with E-state index in [-0.39, 0.29) is 24.8 Å². The molecule has 0 heterocycles. The Hall–Kier alpha value is -2.37. The Labute approximate surface area is 136 Å². The van der Waals surface area contributed by atoms with E-state index in [1.165, 1.54) is 24.3 Å². The predicted octanol–water partition coefficient (Wildman–Crippen LogP) is 4.68. The number of rotatable bonds is 6. The smallest absolute Gasteiger partial charge is 0.335 e. The quantitative estimate of drug-likeness (QED) is 0.612. The molecule has 24 heavy (non-hydrogen) atoms. The SMILES string of the molecule is CCCc1c(F)c(F)c(CCc2ccc(C(=O)O)cc2)c(F)c1F. The molecule has 128 valence electrons. The monoisotopic (exact) mass is 340 g/mol.